The van der Waals surface area contributed by atoms with Crippen LogP contribution < -0.4 is 10.1 Å². The Labute approximate surface area is 127 Å². The van der Waals surface area contributed by atoms with Crippen molar-refractivity contribution in [3.63, 3.8) is 0 Å². The first-order valence-electron chi connectivity index (χ1n) is 7.38. The molecular weight excluding hydrogens is 258 g/mol. The first-order valence-corrected chi connectivity index (χ1v) is 7.38. The Morgan fingerprint density at radius 1 is 1.10 bits per heavy atom. The molecule has 2 nitrogen and oxygen atoms in total. The fraction of sp³-hybridized carbons (Fsp3) is 0.263. The van der Waals surface area contributed by atoms with E-state index < -0.39 is 0 Å². The summed E-state index contributed by atoms with van der Waals surface area (Å²) >= 11 is 0. The van der Waals surface area contributed by atoms with Crippen LogP contribution in [0, 0.1) is 0 Å². The summed E-state index contributed by atoms with van der Waals surface area (Å²) in [5, 5.41) is 3.56. The van der Waals surface area contributed by atoms with Gasteiger partial charge in [0.1, 0.15) is 12.4 Å². The van der Waals surface area contributed by atoms with Crippen LogP contribution in [0.1, 0.15) is 18.1 Å². The molecule has 0 fully saturated rings. The Morgan fingerprint density at radius 2 is 1.81 bits per heavy atom. The molecular formula is C19H23NO. The molecule has 0 aromatic heterocycles. The summed E-state index contributed by atoms with van der Waals surface area (Å²) in [6.07, 6.45) is 2.79. The maximum atomic E-state index is 5.68. The average molecular weight is 281 g/mol. The van der Waals surface area contributed by atoms with Gasteiger partial charge >= 0.3 is 0 Å². The molecule has 2 aromatic rings. The first-order chi connectivity index (χ1) is 10.3. The molecule has 0 heterocycles. The van der Waals surface area contributed by atoms with Crippen molar-refractivity contribution < 1.29 is 4.74 Å². The number of rotatable bonds is 8. The van der Waals surface area contributed by atoms with Gasteiger partial charge in [-0.3, -0.25) is 0 Å². The molecule has 1 atom stereocenters. The molecule has 0 radical (unpaired) electrons. The number of para-hydroxylation sites is 1. The van der Waals surface area contributed by atoms with Gasteiger partial charge < -0.3 is 10.1 Å². The van der Waals surface area contributed by atoms with Crippen molar-refractivity contribution >= 4 is 0 Å². The number of nitrogens with one attached hydrogen (secondary N) is 1. The van der Waals surface area contributed by atoms with E-state index in [0.717, 1.165) is 18.7 Å². The van der Waals surface area contributed by atoms with E-state index in [9.17, 15) is 0 Å². The molecule has 1 N–H and O–H groups in total. The lowest BCUT2D eigenvalue weighted by Gasteiger charge is -2.16. The Bertz CT molecular complexity index is 551. The second kappa shape index (κ2) is 8.28. The van der Waals surface area contributed by atoms with E-state index in [-0.39, 0.29) is 0 Å². The molecule has 0 aliphatic carbocycles. The number of benzene rings is 2. The van der Waals surface area contributed by atoms with Crippen molar-refractivity contribution in [3.8, 4) is 5.75 Å². The van der Waals surface area contributed by atoms with Crippen LogP contribution in [0.5, 0.6) is 5.75 Å². The quantitative estimate of drug-likeness (QED) is 0.739. The fourth-order valence-corrected chi connectivity index (χ4v) is 2.26. The number of ether oxygens (including phenoxy) is 1. The van der Waals surface area contributed by atoms with Gasteiger partial charge in [0.25, 0.3) is 0 Å². The summed E-state index contributed by atoms with van der Waals surface area (Å²) in [5.41, 5.74) is 2.54. The smallest absolute Gasteiger partial charge is 0.124 e. The minimum Gasteiger partial charge on any atom is -0.489 e. The SMILES string of the molecule is C=CCOc1ccccc1CNC(C)Cc1ccccc1. The number of hydrogen-bond acceptors (Lipinski definition) is 2. The van der Waals surface area contributed by atoms with Crippen molar-refractivity contribution in [2.24, 2.45) is 0 Å². The third-order valence-electron chi connectivity index (χ3n) is 3.35. The molecule has 0 aliphatic rings. The van der Waals surface area contributed by atoms with Crippen LogP contribution in [0.25, 0.3) is 0 Å². The minimum atomic E-state index is 0.417. The van der Waals surface area contributed by atoms with Crippen LogP contribution in [0.4, 0.5) is 0 Å². The van der Waals surface area contributed by atoms with Crippen LogP contribution in [-0.4, -0.2) is 12.6 Å². The maximum Gasteiger partial charge on any atom is 0.124 e. The van der Waals surface area contributed by atoms with Crippen LogP contribution in [-0.2, 0) is 13.0 Å². The van der Waals surface area contributed by atoms with E-state index in [2.05, 4.69) is 55.2 Å². The van der Waals surface area contributed by atoms with Crippen LogP contribution >= 0.6 is 0 Å². The lowest BCUT2D eigenvalue weighted by atomic mass is 10.1. The van der Waals surface area contributed by atoms with Gasteiger partial charge in [0, 0.05) is 18.2 Å². The third-order valence-corrected chi connectivity index (χ3v) is 3.35. The Balaban J connectivity index is 1.89. The van der Waals surface area contributed by atoms with E-state index in [4.69, 9.17) is 4.74 Å². The Morgan fingerprint density at radius 3 is 2.57 bits per heavy atom. The molecule has 110 valence electrons. The molecule has 21 heavy (non-hydrogen) atoms. The third kappa shape index (κ3) is 5.09. The Hall–Kier alpha value is -2.06. The molecule has 0 spiro atoms. The zero-order valence-electron chi connectivity index (χ0n) is 12.6. The van der Waals surface area contributed by atoms with Crippen molar-refractivity contribution in [3.05, 3.63) is 78.4 Å². The van der Waals surface area contributed by atoms with Crippen LogP contribution in [0.3, 0.4) is 0 Å². The molecule has 0 aliphatic heterocycles. The van der Waals surface area contributed by atoms with Crippen molar-refractivity contribution in [1.29, 1.82) is 0 Å². The predicted molar refractivity (Wildman–Crippen MR) is 88.6 cm³/mol. The highest BCUT2D eigenvalue weighted by Crippen LogP contribution is 2.18. The van der Waals surface area contributed by atoms with Crippen molar-refractivity contribution in [2.75, 3.05) is 6.61 Å². The molecule has 0 saturated heterocycles. The van der Waals surface area contributed by atoms with Crippen molar-refractivity contribution in [1.82, 2.24) is 5.32 Å². The number of hydrogen-bond donors (Lipinski definition) is 1. The maximum absolute atomic E-state index is 5.68. The van der Waals surface area contributed by atoms with Crippen LogP contribution in [0.15, 0.2) is 67.3 Å². The van der Waals surface area contributed by atoms with Gasteiger partial charge in [0.15, 0.2) is 0 Å². The Kier molecular flexibility index (Phi) is 6.04. The summed E-state index contributed by atoms with van der Waals surface area (Å²) < 4.78 is 5.68. The van der Waals surface area contributed by atoms with Crippen molar-refractivity contribution in [2.45, 2.75) is 25.9 Å². The summed E-state index contributed by atoms with van der Waals surface area (Å²) in [6, 6.07) is 19.1. The van der Waals surface area contributed by atoms with E-state index in [1.54, 1.807) is 6.08 Å². The molecule has 0 saturated carbocycles. The van der Waals surface area contributed by atoms with Gasteiger partial charge in [0.2, 0.25) is 0 Å². The van der Waals surface area contributed by atoms with E-state index in [1.165, 1.54) is 11.1 Å². The van der Waals surface area contributed by atoms with Gasteiger partial charge in [0.05, 0.1) is 0 Å². The summed E-state index contributed by atoms with van der Waals surface area (Å²) in [4.78, 5) is 0. The van der Waals surface area contributed by atoms with Crippen LogP contribution in [0.2, 0.25) is 0 Å². The molecule has 2 aromatic carbocycles. The molecule has 0 amide bonds. The van der Waals surface area contributed by atoms with Gasteiger partial charge in [-0.15, -0.1) is 0 Å². The predicted octanol–water partition coefficient (Wildman–Crippen LogP) is 3.97. The highest BCUT2D eigenvalue weighted by Gasteiger charge is 2.06. The standard InChI is InChI=1S/C19H23NO/c1-3-13-21-19-12-8-7-11-18(19)15-20-16(2)14-17-9-5-4-6-10-17/h3-12,16,20H,1,13-15H2,2H3. The minimum absolute atomic E-state index is 0.417. The normalized spacial score (nSPS) is 11.9. The van der Waals surface area contributed by atoms with E-state index >= 15 is 0 Å². The molecule has 2 rings (SSSR count). The van der Waals surface area contributed by atoms with Gasteiger partial charge in [-0.1, -0.05) is 61.2 Å². The zero-order chi connectivity index (χ0) is 14.9. The summed E-state index contributed by atoms with van der Waals surface area (Å²) in [5.74, 6) is 0.928. The average Bonchev–Trinajstić information content (AvgIpc) is 2.52. The fourth-order valence-electron chi connectivity index (χ4n) is 2.26. The summed E-state index contributed by atoms with van der Waals surface area (Å²) in [6.45, 7) is 7.24. The lowest BCUT2D eigenvalue weighted by molar-refractivity contribution is 0.357. The topological polar surface area (TPSA) is 21.3 Å². The van der Waals surface area contributed by atoms with E-state index in [1.807, 2.05) is 18.2 Å². The van der Waals surface area contributed by atoms with Gasteiger partial charge in [-0.2, -0.15) is 0 Å². The summed E-state index contributed by atoms with van der Waals surface area (Å²) in [7, 11) is 0. The highest BCUT2D eigenvalue weighted by atomic mass is 16.5. The van der Waals surface area contributed by atoms with Gasteiger partial charge in [-0.25, -0.2) is 0 Å². The monoisotopic (exact) mass is 281 g/mol. The first kappa shape index (κ1) is 15.3. The zero-order valence-corrected chi connectivity index (χ0v) is 12.6. The van der Waals surface area contributed by atoms with Gasteiger partial charge in [-0.05, 0) is 25.0 Å². The molecule has 1 unspecified atom stereocenters. The van der Waals surface area contributed by atoms with E-state index in [0.29, 0.717) is 12.6 Å². The molecule has 2 heteroatoms. The second-order valence-electron chi connectivity index (χ2n) is 5.18. The largest absolute Gasteiger partial charge is 0.489 e. The lowest BCUT2D eigenvalue weighted by Crippen LogP contribution is -2.27. The second-order valence-corrected chi connectivity index (χ2v) is 5.18. The highest BCUT2D eigenvalue weighted by molar-refractivity contribution is 5.33. The molecule has 0 bridgehead atoms.